The maximum atomic E-state index is 12.1. The van der Waals surface area contributed by atoms with Gasteiger partial charge < -0.3 is 5.32 Å². The Labute approximate surface area is 134 Å². The number of rotatable bonds is 5. The van der Waals surface area contributed by atoms with Gasteiger partial charge in [-0.3, -0.25) is 4.79 Å². The SMILES string of the molecule is Cc1cccc(SC(C)C(=O)NCc2ccccc2Cl)c1. The summed E-state index contributed by atoms with van der Waals surface area (Å²) in [6.07, 6.45) is 0. The van der Waals surface area contributed by atoms with Crippen LogP contribution in [-0.4, -0.2) is 11.2 Å². The summed E-state index contributed by atoms with van der Waals surface area (Å²) in [5.74, 6) is 0.0152. The average molecular weight is 320 g/mol. The molecule has 0 spiro atoms. The van der Waals surface area contributed by atoms with Crippen LogP contribution in [0, 0.1) is 6.92 Å². The van der Waals surface area contributed by atoms with Crippen LogP contribution in [0.15, 0.2) is 53.4 Å². The van der Waals surface area contributed by atoms with Crippen molar-refractivity contribution in [1.29, 1.82) is 0 Å². The van der Waals surface area contributed by atoms with Crippen LogP contribution in [0.1, 0.15) is 18.1 Å². The molecule has 1 N–H and O–H groups in total. The summed E-state index contributed by atoms with van der Waals surface area (Å²) >= 11 is 7.64. The monoisotopic (exact) mass is 319 g/mol. The Morgan fingerprint density at radius 3 is 2.71 bits per heavy atom. The average Bonchev–Trinajstić information content (AvgIpc) is 2.46. The van der Waals surface area contributed by atoms with Crippen LogP contribution < -0.4 is 5.32 Å². The van der Waals surface area contributed by atoms with Gasteiger partial charge in [-0.25, -0.2) is 0 Å². The normalized spacial score (nSPS) is 12.0. The number of halogens is 1. The number of nitrogens with one attached hydrogen (secondary N) is 1. The first-order valence-corrected chi connectivity index (χ1v) is 8.06. The lowest BCUT2D eigenvalue weighted by Crippen LogP contribution is -2.30. The summed E-state index contributed by atoms with van der Waals surface area (Å²) in [5.41, 5.74) is 2.13. The first-order valence-electron chi connectivity index (χ1n) is 6.80. The lowest BCUT2D eigenvalue weighted by Gasteiger charge is -2.13. The Morgan fingerprint density at radius 1 is 1.24 bits per heavy atom. The van der Waals surface area contributed by atoms with E-state index in [4.69, 9.17) is 11.6 Å². The van der Waals surface area contributed by atoms with Gasteiger partial charge in [-0.15, -0.1) is 11.8 Å². The number of hydrogen-bond donors (Lipinski definition) is 1. The van der Waals surface area contributed by atoms with Gasteiger partial charge in [0, 0.05) is 16.5 Å². The van der Waals surface area contributed by atoms with E-state index in [9.17, 15) is 4.79 Å². The van der Waals surface area contributed by atoms with Gasteiger partial charge in [0.05, 0.1) is 5.25 Å². The number of carbonyl (C=O) groups is 1. The molecule has 0 aliphatic carbocycles. The number of amides is 1. The third-order valence-corrected chi connectivity index (χ3v) is 4.54. The molecule has 0 fully saturated rings. The highest BCUT2D eigenvalue weighted by Crippen LogP contribution is 2.24. The zero-order chi connectivity index (χ0) is 15.2. The van der Waals surface area contributed by atoms with Crippen molar-refractivity contribution in [1.82, 2.24) is 5.32 Å². The third kappa shape index (κ3) is 4.80. The van der Waals surface area contributed by atoms with Crippen molar-refractivity contribution in [3.05, 3.63) is 64.7 Å². The van der Waals surface area contributed by atoms with Gasteiger partial charge in [0.15, 0.2) is 0 Å². The van der Waals surface area contributed by atoms with E-state index in [0.717, 1.165) is 10.5 Å². The second-order valence-electron chi connectivity index (χ2n) is 4.89. The first-order chi connectivity index (χ1) is 10.1. The van der Waals surface area contributed by atoms with Gasteiger partial charge in [-0.2, -0.15) is 0 Å². The second kappa shape index (κ2) is 7.53. The molecular formula is C17H18ClNOS. The van der Waals surface area contributed by atoms with Crippen molar-refractivity contribution < 1.29 is 4.79 Å². The van der Waals surface area contributed by atoms with E-state index < -0.39 is 0 Å². The molecule has 0 aliphatic rings. The van der Waals surface area contributed by atoms with Crippen LogP contribution >= 0.6 is 23.4 Å². The van der Waals surface area contributed by atoms with Crippen molar-refractivity contribution in [3.63, 3.8) is 0 Å². The smallest absolute Gasteiger partial charge is 0.233 e. The minimum absolute atomic E-state index is 0.0152. The van der Waals surface area contributed by atoms with Crippen molar-refractivity contribution >= 4 is 29.3 Å². The summed E-state index contributed by atoms with van der Waals surface area (Å²) in [7, 11) is 0. The molecule has 2 nitrogen and oxygen atoms in total. The number of carbonyl (C=O) groups excluding carboxylic acids is 1. The Balaban J connectivity index is 1.90. The molecule has 1 amide bonds. The molecule has 1 atom stereocenters. The van der Waals surface area contributed by atoms with Crippen LogP contribution in [0.2, 0.25) is 5.02 Å². The van der Waals surface area contributed by atoms with Crippen molar-refractivity contribution in [3.8, 4) is 0 Å². The van der Waals surface area contributed by atoms with E-state index in [1.54, 1.807) is 11.8 Å². The fourth-order valence-electron chi connectivity index (χ4n) is 1.91. The van der Waals surface area contributed by atoms with E-state index in [2.05, 4.69) is 11.4 Å². The largest absolute Gasteiger partial charge is 0.351 e. The molecule has 0 aromatic heterocycles. The van der Waals surface area contributed by atoms with E-state index in [1.807, 2.05) is 56.3 Å². The number of benzene rings is 2. The molecule has 0 aliphatic heterocycles. The maximum absolute atomic E-state index is 12.1. The van der Waals surface area contributed by atoms with Crippen LogP contribution in [0.4, 0.5) is 0 Å². The topological polar surface area (TPSA) is 29.1 Å². The Morgan fingerprint density at radius 2 is 2.00 bits per heavy atom. The van der Waals surface area contributed by atoms with E-state index >= 15 is 0 Å². The predicted molar refractivity (Wildman–Crippen MR) is 89.8 cm³/mol. The molecule has 110 valence electrons. The molecular weight excluding hydrogens is 302 g/mol. The van der Waals surface area contributed by atoms with E-state index in [0.29, 0.717) is 11.6 Å². The summed E-state index contributed by atoms with van der Waals surface area (Å²) in [4.78, 5) is 13.2. The number of hydrogen-bond acceptors (Lipinski definition) is 2. The molecule has 0 radical (unpaired) electrons. The molecule has 4 heteroatoms. The molecule has 2 rings (SSSR count). The molecule has 0 saturated carbocycles. The van der Waals surface area contributed by atoms with Crippen LogP contribution in [-0.2, 0) is 11.3 Å². The van der Waals surface area contributed by atoms with Crippen LogP contribution in [0.5, 0.6) is 0 Å². The fourth-order valence-corrected chi connectivity index (χ4v) is 3.13. The van der Waals surface area contributed by atoms with Gasteiger partial charge in [0.25, 0.3) is 0 Å². The van der Waals surface area contributed by atoms with Gasteiger partial charge in [0.1, 0.15) is 0 Å². The molecule has 0 saturated heterocycles. The van der Waals surface area contributed by atoms with Gasteiger partial charge in [-0.05, 0) is 37.6 Å². The first kappa shape index (κ1) is 15.9. The number of aryl methyl sites for hydroxylation is 1. The lowest BCUT2D eigenvalue weighted by molar-refractivity contribution is -0.120. The third-order valence-electron chi connectivity index (χ3n) is 3.08. The highest BCUT2D eigenvalue weighted by atomic mass is 35.5. The van der Waals surface area contributed by atoms with Gasteiger partial charge in [0.2, 0.25) is 5.91 Å². The van der Waals surface area contributed by atoms with E-state index in [1.165, 1.54) is 5.56 Å². The molecule has 1 unspecified atom stereocenters. The fraction of sp³-hybridized carbons (Fsp3) is 0.235. The Hall–Kier alpha value is -1.45. The Bertz CT molecular complexity index is 630. The van der Waals surface area contributed by atoms with E-state index in [-0.39, 0.29) is 11.2 Å². The van der Waals surface area contributed by atoms with Crippen LogP contribution in [0.3, 0.4) is 0 Å². The van der Waals surface area contributed by atoms with Gasteiger partial charge >= 0.3 is 0 Å². The Kier molecular flexibility index (Phi) is 5.71. The van der Waals surface area contributed by atoms with Gasteiger partial charge in [-0.1, -0.05) is 47.5 Å². The predicted octanol–water partition coefficient (Wildman–Crippen LogP) is 4.45. The summed E-state index contributed by atoms with van der Waals surface area (Å²) in [6, 6.07) is 15.7. The van der Waals surface area contributed by atoms with Crippen molar-refractivity contribution in [2.75, 3.05) is 0 Å². The molecule has 2 aromatic rings. The molecule has 2 aromatic carbocycles. The zero-order valence-electron chi connectivity index (χ0n) is 12.1. The standard InChI is InChI=1S/C17H18ClNOS/c1-12-6-5-8-15(10-12)21-13(2)17(20)19-11-14-7-3-4-9-16(14)18/h3-10,13H,11H2,1-2H3,(H,19,20). The summed E-state index contributed by atoms with van der Waals surface area (Å²) in [6.45, 7) is 4.42. The minimum Gasteiger partial charge on any atom is -0.351 e. The summed E-state index contributed by atoms with van der Waals surface area (Å²) in [5, 5.41) is 3.46. The quantitative estimate of drug-likeness (QED) is 0.825. The highest BCUT2D eigenvalue weighted by Gasteiger charge is 2.14. The lowest BCUT2D eigenvalue weighted by atomic mass is 10.2. The molecule has 21 heavy (non-hydrogen) atoms. The molecule has 0 heterocycles. The van der Waals surface area contributed by atoms with Crippen LogP contribution in [0.25, 0.3) is 0 Å². The second-order valence-corrected chi connectivity index (χ2v) is 6.71. The maximum Gasteiger partial charge on any atom is 0.233 e. The van der Waals surface area contributed by atoms with Crippen molar-refractivity contribution in [2.24, 2.45) is 0 Å². The highest BCUT2D eigenvalue weighted by molar-refractivity contribution is 8.00. The summed E-state index contributed by atoms with van der Waals surface area (Å²) < 4.78 is 0. The van der Waals surface area contributed by atoms with Crippen molar-refractivity contribution in [2.45, 2.75) is 30.5 Å². The number of thioether (sulfide) groups is 1. The molecule has 0 bridgehead atoms. The zero-order valence-corrected chi connectivity index (χ0v) is 13.7. The minimum atomic E-state index is -0.144.